The number of aromatic carboxylic acids is 1. The van der Waals surface area contributed by atoms with Crippen LogP contribution in [0, 0.1) is 11.3 Å². The molecule has 2 N–H and O–H groups in total. The molecule has 5 nitrogen and oxygen atoms in total. The zero-order valence-corrected chi connectivity index (χ0v) is 11.9. The molecule has 0 amide bonds. The van der Waals surface area contributed by atoms with Crippen LogP contribution in [0.25, 0.3) is 0 Å². The van der Waals surface area contributed by atoms with Crippen LogP contribution in [0.5, 0.6) is 0 Å². The lowest BCUT2D eigenvalue weighted by atomic mass is 10.2. The number of carbonyl (C=O) groups is 1. The minimum absolute atomic E-state index is 0.000881. The molecule has 0 radical (unpaired) electrons. The molecule has 0 fully saturated rings. The van der Waals surface area contributed by atoms with Crippen molar-refractivity contribution in [1.82, 2.24) is 4.98 Å². The van der Waals surface area contributed by atoms with Crippen LogP contribution in [0.2, 0.25) is 0 Å². The van der Waals surface area contributed by atoms with E-state index < -0.39 is 5.97 Å². The number of carboxylic acid groups (broad SMARTS) is 1. The number of nitriles is 1. The first-order chi connectivity index (χ1) is 9.60. The lowest BCUT2D eigenvalue weighted by Crippen LogP contribution is -2.07. The van der Waals surface area contributed by atoms with E-state index >= 15 is 0 Å². The highest BCUT2D eigenvalue weighted by molar-refractivity contribution is 9.10. The maximum Gasteiger partial charge on any atom is 0.354 e. The van der Waals surface area contributed by atoms with Crippen molar-refractivity contribution in [2.75, 3.05) is 5.32 Å². The largest absolute Gasteiger partial charge is 0.477 e. The summed E-state index contributed by atoms with van der Waals surface area (Å²) in [4.78, 5) is 14.8. The summed E-state index contributed by atoms with van der Waals surface area (Å²) in [6.45, 7) is 0.340. The SMILES string of the molecule is N#Cc1ccc(Br)cc1NCc1cccc(C(=O)O)n1. The van der Waals surface area contributed by atoms with E-state index in [4.69, 9.17) is 10.4 Å². The van der Waals surface area contributed by atoms with E-state index in [9.17, 15) is 4.79 Å². The van der Waals surface area contributed by atoms with Gasteiger partial charge in [-0.2, -0.15) is 5.26 Å². The summed E-state index contributed by atoms with van der Waals surface area (Å²) in [7, 11) is 0. The molecule has 0 aliphatic heterocycles. The Balaban J connectivity index is 2.17. The average Bonchev–Trinajstić information content (AvgIpc) is 2.45. The Labute approximate surface area is 124 Å². The molecule has 2 aromatic rings. The van der Waals surface area contributed by atoms with Crippen molar-refractivity contribution in [2.45, 2.75) is 6.54 Å². The highest BCUT2D eigenvalue weighted by Gasteiger charge is 2.06. The van der Waals surface area contributed by atoms with Gasteiger partial charge in [0.15, 0.2) is 0 Å². The second kappa shape index (κ2) is 6.17. The predicted octanol–water partition coefficient (Wildman–Crippen LogP) is 3.03. The number of nitrogens with one attached hydrogen (secondary N) is 1. The normalized spacial score (nSPS) is 9.80. The molecule has 0 aliphatic carbocycles. The first-order valence-corrected chi connectivity index (χ1v) is 6.52. The summed E-state index contributed by atoms with van der Waals surface area (Å²) < 4.78 is 0.853. The second-order valence-corrected chi connectivity index (χ2v) is 4.89. The number of pyridine rings is 1. The summed E-state index contributed by atoms with van der Waals surface area (Å²) in [6.07, 6.45) is 0. The zero-order chi connectivity index (χ0) is 14.5. The van der Waals surface area contributed by atoms with E-state index in [1.807, 2.05) is 0 Å². The van der Waals surface area contributed by atoms with Gasteiger partial charge in [0.2, 0.25) is 0 Å². The van der Waals surface area contributed by atoms with Gasteiger partial charge in [-0.25, -0.2) is 9.78 Å². The maximum atomic E-state index is 10.8. The van der Waals surface area contributed by atoms with Crippen LogP contribution in [0.4, 0.5) is 5.69 Å². The number of hydrogen-bond donors (Lipinski definition) is 2. The molecule has 100 valence electrons. The van der Waals surface area contributed by atoms with E-state index in [1.165, 1.54) is 6.07 Å². The minimum atomic E-state index is -1.06. The quantitative estimate of drug-likeness (QED) is 0.899. The van der Waals surface area contributed by atoms with Gasteiger partial charge in [0.1, 0.15) is 11.8 Å². The van der Waals surface area contributed by atoms with Crippen molar-refractivity contribution in [3.63, 3.8) is 0 Å². The van der Waals surface area contributed by atoms with E-state index in [2.05, 4.69) is 32.3 Å². The Bertz CT molecular complexity index is 695. The molecule has 1 aromatic carbocycles. The highest BCUT2D eigenvalue weighted by Crippen LogP contribution is 2.21. The monoisotopic (exact) mass is 331 g/mol. The summed E-state index contributed by atoms with van der Waals surface area (Å²) in [5, 5.41) is 21.0. The van der Waals surface area contributed by atoms with Crippen molar-refractivity contribution < 1.29 is 9.90 Å². The molecular formula is C14H10BrN3O2. The summed E-state index contributed by atoms with van der Waals surface area (Å²) in [6, 6.07) is 12.2. The molecule has 2 rings (SSSR count). The third-order valence-electron chi connectivity index (χ3n) is 2.59. The Morgan fingerprint density at radius 1 is 1.40 bits per heavy atom. The van der Waals surface area contributed by atoms with Gasteiger partial charge in [0.05, 0.1) is 23.5 Å². The molecule has 0 spiro atoms. The fraction of sp³-hybridized carbons (Fsp3) is 0.0714. The number of carboxylic acids is 1. The van der Waals surface area contributed by atoms with Gasteiger partial charge in [0.25, 0.3) is 0 Å². The molecule has 6 heteroatoms. The number of halogens is 1. The lowest BCUT2D eigenvalue weighted by Gasteiger charge is -2.08. The zero-order valence-electron chi connectivity index (χ0n) is 10.3. The summed E-state index contributed by atoms with van der Waals surface area (Å²) in [5.74, 6) is -1.06. The van der Waals surface area contributed by atoms with Gasteiger partial charge in [0, 0.05) is 4.47 Å². The molecule has 20 heavy (non-hydrogen) atoms. The van der Waals surface area contributed by atoms with Crippen LogP contribution in [-0.4, -0.2) is 16.1 Å². The third-order valence-corrected chi connectivity index (χ3v) is 3.08. The number of benzene rings is 1. The molecule has 1 aromatic heterocycles. The number of hydrogen-bond acceptors (Lipinski definition) is 4. The number of anilines is 1. The van der Waals surface area contributed by atoms with Gasteiger partial charge < -0.3 is 10.4 Å². The van der Waals surface area contributed by atoms with Crippen molar-refractivity contribution in [2.24, 2.45) is 0 Å². The fourth-order valence-corrected chi connectivity index (χ4v) is 2.00. The molecule has 1 heterocycles. The van der Waals surface area contributed by atoms with Gasteiger partial charge in [-0.1, -0.05) is 22.0 Å². The van der Waals surface area contributed by atoms with Crippen LogP contribution in [0.15, 0.2) is 40.9 Å². The topological polar surface area (TPSA) is 86.0 Å². The number of nitrogens with zero attached hydrogens (tertiary/aromatic N) is 2. The first-order valence-electron chi connectivity index (χ1n) is 5.73. The van der Waals surface area contributed by atoms with Gasteiger partial charge in [-0.05, 0) is 30.3 Å². The Hall–Kier alpha value is -2.39. The molecule has 0 bridgehead atoms. The van der Waals surface area contributed by atoms with E-state index in [-0.39, 0.29) is 5.69 Å². The highest BCUT2D eigenvalue weighted by atomic mass is 79.9. The Morgan fingerprint density at radius 3 is 2.90 bits per heavy atom. The smallest absolute Gasteiger partial charge is 0.354 e. The van der Waals surface area contributed by atoms with Crippen molar-refractivity contribution in [3.05, 3.63) is 57.8 Å². The van der Waals surface area contributed by atoms with Gasteiger partial charge in [-0.15, -0.1) is 0 Å². The minimum Gasteiger partial charge on any atom is -0.477 e. The van der Waals surface area contributed by atoms with E-state index in [0.29, 0.717) is 23.5 Å². The number of aromatic nitrogens is 1. The van der Waals surface area contributed by atoms with Crippen molar-refractivity contribution in [3.8, 4) is 6.07 Å². The van der Waals surface area contributed by atoms with Crippen LogP contribution in [0.3, 0.4) is 0 Å². The van der Waals surface area contributed by atoms with Gasteiger partial charge in [-0.3, -0.25) is 0 Å². The summed E-state index contributed by atoms with van der Waals surface area (Å²) >= 11 is 3.34. The fourth-order valence-electron chi connectivity index (χ4n) is 1.64. The molecule has 0 atom stereocenters. The van der Waals surface area contributed by atoms with Crippen LogP contribution in [0.1, 0.15) is 21.7 Å². The molecule has 0 aliphatic rings. The Kier molecular flexibility index (Phi) is 4.33. The summed E-state index contributed by atoms with van der Waals surface area (Å²) in [5.41, 5.74) is 1.78. The Morgan fingerprint density at radius 2 is 2.20 bits per heavy atom. The third kappa shape index (κ3) is 3.33. The average molecular weight is 332 g/mol. The molecular weight excluding hydrogens is 322 g/mol. The molecule has 0 unspecified atom stereocenters. The second-order valence-electron chi connectivity index (χ2n) is 3.97. The predicted molar refractivity (Wildman–Crippen MR) is 77.4 cm³/mol. The standard InChI is InChI=1S/C14H10BrN3O2/c15-10-5-4-9(7-16)13(6-10)17-8-11-2-1-3-12(18-11)14(19)20/h1-6,17H,8H2,(H,19,20). The van der Waals surface area contributed by atoms with Crippen LogP contribution >= 0.6 is 15.9 Å². The van der Waals surface area contributed by atoms with Crippen molar-refractivity contribution in [1.29, 1.82) is 5.26 Å². The maximum absolute atomic E-state index is 10.8. The van der Waals surface area contributed by atoms with Crippen LogP contribution in [-0.2, 0) is 6.54 Å². The first kappa shape index (κ1) is 14.0. The molecule has 0 saturated heterocycles. The van der Waals surface area contributed by atoms with Crippen molar-refractivity contribution >= 4 is 27.6 Å². The number of rotatable bonds is 4. The lowest BCUT2D eigenvalue weighted by molar-refractivity contribution is 0.0690. The van der Waals surface area contributed by atoms with E-state index in [1.54, 1.807) is 30.3 Å². The molecule has 0 saturated carbocycles. The van der Waals surface area contributed by atoms with Gasteiger partial charge >= 0.3 is 5.97 Å². The van der Waals surface area contributed by atoms with Crippen LogP contribution < -0.4 is 5.32 Å². The van der Waals surface area contributed by atoms with E-state index in [0.717, 1.165) is 4.47 Å².